The Kier molecular flexibility index (Phi) is 6.96. The lowest BCUT2D eigenvalue weighted by Crippen LogP contribution is -2.42. The minimum atomic E-state index is -0.433. The Labute approximate surface area is 180 Å². The van der Waals surface area contributed by atoms with Gasteiger partial charge in [0, 0.05) is 22.7 Å². The quantitative estimate of drug-likeness (QED) is 0.563. The van der Waals surface area contributed by atoms with E-state index in [9.17, 15) is 9.59 Å². The smallest absolute Gasteiger partial charge is 0.319 e. The first-order chi connectivity index (χ1) is 13.9. The predicted octanol–water partition coefficient (Wildman–Crippen LogP) is 5.11. The van der Waals surface area contributed by atoms with Crippen LogP contribution in [0.1, 0.15) is 50.7 Å². The van der Waals surface area contributed by atoms with Crippen LogP contribution in [0.15, 0.2) is 53.0 Å². The molecule has 0 aliphatic heterocycles. The Hall–Kier alpha value is -2.34. The van der Waals surface area contributed by atoms with Crippen molar-refractivity contribution in [1.82, 2.24) is 10.6 Å². The van der Waals surface area contributed by atoms with Crippen LogP contribution in [0.2, 0.25) is 0 Å². The van der Waals surface area contributed by atoms with Gasteiger partial charge in [0.15, 0.2) is 0 Å². The van der Waals surface area contributed by atoms with Crippen LogP contribution in [0.25, 0.3) is 0 Å². The molecule has 0 saturated heterocycles. The highest BCUT2D eigenvalue weighted by Gasteiger charge is 2.42. The number of anilines is 1. The van der Waals surface area contributed by atoms with E-state index >= 15 is 0 Å². The molecular weight excluding hydrogens is 430 g/mol. The number of urea groups is 1. The van der Waals surface area contributed by atoms with Gasteiger partial charge in [-0.25, -0.2) is 4.79 Å². The molecule has 0 heterocycles. The van der Waals surface area contributed by atoms with Crippen LogP contribution >= 0.6 is 15.9 Å². The molecule has 2 aromatic carbocycles. The van der Waals surface area contributed by atoms with E-state index in [1.165, 1.54) is 0 Å². The summed E-state index contributed by atoms with van der Waals surface area (Å²) in [6, 6.07) is 15.5. The van der Waals surface area contributed by atoms with Crippen molar-refractivity contribution in [2.24, 2.45) is 0 Å². The first-order valence-corrected chi connectivity index (χ1v) is 10.9. The third-order valence-corrected chi connectivity index (χ3v) is 5.90. The van der Waals surface area contributed by atoms with Gasteiger partial charge < -0.3 is 16.0 Å². The molecule has 3 N–H and O–H groups in total. The maximum Gasteiger partial charge on any atom is 0.319 e. The van der Waals surface area contributed by atoms with E-state index in [-0.39, 0.29) is 18.0 Å². The van der Waals surface area contributed by atoms with Gasteiger partial charge in [-0.1, -0.05) is 53.0 Å². The number of hydrogen-bond donors (Lipinski definition) is 3. The number of amides is 3. The second kappa shape index (κ2) is 9.44. The number of carbonyl (C=O) groups excluding carboxylic acids is 2. The zero-order chi connectivity index (χ0) is 20.9. The maximum absolute atomic E-state index is 13.2. The molecule has 3 amide bonds. The summed E-state index contributed by atoms with van der Waals surface area (Å²) in [5, 5.41) is 8.72. The number of carbonyl (C=O) groups is 2. The van der Waals surface area contributed by atoms with Crippen molar-refractivity contribution in [3.8, 4) is 0 Å². The van der Waals surface area contributed by atoms with Gasteiger partial charge in [0.2, 0.25) is 5.91 Å². The van der Waals surface area contributed by atoms with E-state index in [0.29, 0.717) is 6.54 Å². The number of nitrogens with one attached hydrogen (secondary N) is 3. The van der Waals surface area contributed by atoms with Crippen molar-refractivity contribution in [1.29, 1.82) is 0 Å². The lowest BCUT2D eigenvalue weighted by Gasteiger charge is -2.28. The minimum absolute atomic E-state index is 0.0816. The molecular formula is C23H28BrN3O2. The van der Waals surface area contributed by atoms with E-state index in [1.807, 2.05) is 50.2 Å². The van der Waals surface area contributed by atoms with Crippen LogP contribution in [-0.4, -0.2) is 18.0 Å². The number of benzene rings is 2. The van der Waals surface area contributed by atoms with Crippen molar-refractivity contribution >= 4 is 33.6 Å². The molecule has 1 aliphatic carbocycles. The first kappa shape index (κ1) is 21.4. The molecule has 3 rings (SSSR count). The van der Waals surface area contributed by atoms with E-state index in [0.717, 1.165) is 47.0 Å². The highest BCUT2D eigenvalue weighted by molar-refractivity contribution is 9.10. The van der Waals surface area contributed by atoms with Crippen molar-refractivity contribution < 1.29 is 9.59 Å². The topological polar surface area (TPSA) is 70.2 Å². The number of hydrogen-bond acceptors (Lipinski definition) is 2. The minimum Gasteiger partial charge on any atom is -0.351 e. The van der Waals surface area contributed by atoms with Crippen LogP contribution in [0.4, 0.5) is 10.5 Å². The monoisotopic (exact) mass is 457 g/mol. The van der Waals surface area contributed by atoms with Crippen molar-refractivity contribution in [2.75, 3.05) is 5.32 Å². The fraction of sp³-hybridized carbons (Fsp3) is 0.391. The Morgan fingerprint density at radius 1 is 1.00 bits per heavy atom. The Balaban J connectivity index is 1.62. The second-order valence-corrected chi connectivity index (χ2v) is 8.84. The third kappa shape index (κ3) is 5.38. The van der Waals surface area contributed by atoms with Gasteiger partial charge in [0.05, 0.1) is 5.41 Å². The number of rotatable bonds is 6. The molecule has 0 atom stereocenters. The summed E-state index contributed by atoms with van der Waals surface area (Å²) in [5.74, 6) is 0.0934. The maximum atomic E-state index is 13.2. The SMILES string of the molecule is CC(C)NC(=O)Nc1ccc(CNC(=O)C2(c3ccc(Br)cc3)CCCC2)cc1. The Morgan fingerprint density at radius 2 is 1.62 bits per heavy atom. The lowest BCUT2D eigenvalue weighted by atomic mass is 9.78. The standard InChI is InChI=1S/C23H28BrN3O2/c1-16(2)26-22(29)27-20-11-5-17(6-12-20)15-25-21(28)23(13-3-4-14-23)18-7-9-19(24)10-8-18/h5-12,16H,3-4,13-15H2,1-2H3,(H,25,28)(H2,26,27,29). The number of halogens is 1. The fourth-order valence-electron chi connectivity index (χ4n) is 3.88. The van der Waals surface area contributed by atoms with Gasteiger partial charge >= 0.3 is 6.03 Å². The van der Waals surface area contributed by atoms with Crippen LogP contribution in [0.5, 0.6) is 0 Å². The summed E-state index contributed by atoms with van der Waals surface area (Å²) < 4.78 is 1.02. The van der Waals surface area contributed by atoms with Gasteiger partial charge in [-0.15, -0.1) is 0 Å². The van der Waals surface area contributed by atoms with Gasteiger partial charge in [0.1, 0.15) is 0 Å². The zero-order valence-electron chi connectivity index (χ0n) is 16.9. The molecule has 0 bridgehead atoms. The highest BCUT2D eigenvalue weighted by Crippen LogP contribution is 2.41. The molecule has 0 spiro atoms. The summed E-state index contributed by atoms with van der Waals surface area (Å²) in [6.07, 6.45) is 3.91. The van der Waals surface area contributed by atoms with Crippen LogP contribution < -0.4 is 16.0 Å². The first-order valence-electron chi connectivity index (χ1n) is 10.1. The van der Waals surface area contributed by atoms with Gasteiger partial charge in [0.25, 0.3) is 0 Å². The largest absolute Gasteiger partial charge is 0.351 e. The van der Waals surface area contributed by atoms with Crippen LogP contribution in [-0.2, 0) is 16.8 Å². The zero-order valence-corrected chi connectivity index (χ0v) is 18.5. The molecule has 5 nitrogen and oxygen atoms in total. The molecule has 0 radical (unpaired) electrons. The third-order valence-electron chi connectivity index (χ3n) is 5.37. The molecule has 0 aromatic heterocycles. The normalized spacial score (nSPS) is 15.2. The molecule has 6 heteroatoms. The predicted molar refractivity (Wildman–Crippen MR) is 120 cm³/mol. The van der Waals surface area contributed by atoms with E-state index < -0.39 is 5.41 Å². The molecule has 1 aliphatic rings. The highest BCUT2D eigenvalue weighted by atomic mass is 79.9. The average Bonchev–Trinajstić information content (AvgIpc) is 3.18. The van der Waals surface area contributed by atoms with Crippen molar-refractivity contribution in [3.63, 3.8) is 0 Å². The van der Waals surface area contributed by atoms with Gasteiger partial charge in [-0.3, -0.25) is 4.79 Å². The molecule has 29 heavy (non-hydrogen) atoms. The Morgan fingerprint density at radius 3 is 2.21 bits per heavy atom. The molecule has 154 valence electrons. The van der Waals surface area contributed by atoms with Gasteiger partial charge in [-0.2, -0.15) is 0 Å². The van der Waals surface area contributed by atoms with Gasteiger partial charge in [-0.05, 0) is 62.1 Å². The molecule has 1 fully saturated rings. The lowest BCUT2D eigenvalue weighted by molar-refractivity contribution is -0.126. The van der Waals surface area contributed by atoms with Crippen molar-refractivity contribution in [3.05, 3.63) is 64.1 Å². The molecule has 2 aromatic rings. The molecule has 0 unspecified atom stereocenters. The average molecular weight is 458 g/mol. The van der Waals surface area contributed by atoms with E-state index in [1.54, 1.807) is 0 Å². The molecule has 1 saturated carbocycles. The van der Waals surface area contributed by atoms with E-state index in [2.05, 4.69) is 44.0 Å². The summed E-state index contributed by atoms with van der Waals surface area (Å²) in [6.45, 7) is 4.29. The Bertz CT molecular complexity index is 841. The van der Waals surface area contributed by atoms with E-state index in [4.69, 9.17) is 0 Å². The summed E-state index contributed by atoms with van der Waals surface area (Å²) in [7, 11) is 0. The van der Waals surface area contributed by atoms with Crippen LogP contribution in [0.3, 0.4) is 0 Å². The second-order valence-electron chi connectivity index (χ2n) is 7.93. The summed E-state index contributed by atoms with van der Waals surface area (Å²) in [5.41, 5.74) is 2.38. The van der Waals surface area contributed by atoms with Crippen molar-refractivity contribution in [2.45, 2.75) is 57.5 Å². The summed E-state index contributed by atoms with van der Waals surface area (Å²) in [4.78, 5) is 24.9. The van der Waals surface area contributed by atoms with Crippen LogP contribution in [0, 0.1) is 0 Å². The summed E-state index contributed by atoms with van der Waals surface area (Å²) >= 11 is 3.47. The fourth-order valence-corrected chi connectivity index (χ4v) is 4.15.